The highest BCUT2D eigenvalue weighted by Gasteiger charge is 2.43. The molecule has 11 heteroatoms. The van der Waals surface area contributed by atoms with Gasteiger partial charge in [0.15, 0.2) is 0 Å². The summed E-state index contributed by atoms with van der Waals surface area (Å²) < 4.78 is 59.9. The molecule has 3 amide bonds. The van der Waals surface area contributed by atoms with Gasteiger partial charge in [0.1, 0.15) is 18.1 Å². The first-order valence-electron chi connectivity index (χ1n) is 10.7. The predicted octanol–water partition coefficient (Wildman–Crippen LogP) is 5.61. The van der Waals surface area contributed by atoms with Crippen molar-refractivity contribution in [3.63, 3.8) is 0 Å². The van der Waals surface area contributed by atoms with Crippen LogP contribution in [-0.4, -0.2) is 40.5 Å². The lowest BCUT2D eigenvalue weighted by Crippen LogP contribution is -2.44. The summed E-state index contributed by atoms with van der Waals surface area (Å²) in [5, 5.41) is 1.95. The number of aromatic nitrogens is 1. The third-order valence-corrected chi connectivity index (χ3v) is 7.01. The number of carbonyl (C=O) groups excluding carboxylic acids is 2. The van der Waals surface area contributed by atoms with Gasteiger partial charge in [0, 0.05) is 17.8 Å². The average Bonchev–Trinajstić information content (AvgIpc) is 3.37. The maximum absolute atomic E-state index is 13.6. The molecule has 0 unspecified atom stereocenters. The van der Waals surface area contributed by atoms with Gasteiger partial charge in [-0.25, -0.2) is 9.18 Å². The van der Waals surface area contributed by atoms with Crippen LogP contribution in [0.4, 0.5) is 28.0 Å². The average molecular weight is 493 g/mol. The smallest absolute Gasteiger partial charge is 0.419 e. The molecule has 0 bridgehead atoms. The maximum atomic E-state index is 13.6. The van der Waals surface area contributed by atoms with E-state index in [9.17, 15) is 27.2 Å². The van der Waals surface area contributed by atoms with Gasteiger partial charge in [-0.15, -0.1) is 11.3 Å². The molecule has 1 aliphatic carbocycles. The number of rotatable bonds is 4. The van der Waals surface area contributed by atoms with Crippen LogP contribution in [0.15, 0.2) is 41.9 Å². The monoisotopic (exact) mass is 493 g/mol. The third kappa shape index (κ3) is 4.20. The summed E-state index contributed by atoms with van der Waals surface area (Å²) in [6, 6.07) is 5.09. The molecular formula is C23H19F4N3O3S. The molecule has 5 rings (SSSR count). The quantitative estimate of drug-likeness (QED) is 0.350. The predicted molar refractivity (Wildman–Crippen MR) is 117 cm³/mol. The van der Waals surface area contributed by atoms with Gasteiger partial charge in [-0.05, 0) is 55.3 Å². The second kappa shape index (κ2) is 8.53. The molecule has 1 saturated heterocycles. The van der Waals surface area contributed by atoms with Crippen molar-refractivity contribution < 1.29 is 31.9 Å². The molecule has 2 fully saturated rings. The Morgan fingerprint density at radius 2 is 1.82 bits per heavy atom. The molecule has 3 aromatic rings. The molecule has 1 aliphatic heterocycles. The standard InChI is InChI=1S/C23H19F4N3O3S/c24-18-6-3-14(9-17(18)23(25,26)27)29-12-21(31)30(22(29)32)13-1-4-15(5-2-13)33-16-10-20-19(28-11-16)7-8-34-20/h3,6-11,13,15H,1-2,4-5,12H2. The number of anilines is 1. The van der Waals surface area contributed by atoms with Gasteiger partial charge in [0.05, 0.1) is 28.1 Å². The number of pyridine rings is 1. The number of amides is 3. The summed E-state index contributed by atoms with van der Waals surface area (Å²) in [7, 11) is 0. The van der Waals surface area contributed by atoms with E-state index in [2.05, 4.69) is 4.98 Å². The Kier molecular flexibility index (Phi) is 5.67. The summed E-state index contributed by atoms with van der Waals surface area (Å²) >= 11 is 1.57. The van der Waals surface area contributed by atoms with Crippen molar-refractivity contribution in [1.29, 1.82) is 0 Å². The van der Waals surface area contributed by atoms with Crippen molar-refractivity contribution >= 4 is 39.2 Å². The second-order valence-corrected chi connectivity index (χ2v) is 9.27. The fraction of sp³-hybridized carbons (Fsp3) is 0.348. The highest BCUT2D eigenvalue weighted by atomic mass is 32.1. The van der Waals surface area contributed by atoms with Crippen LogP contribution < -0.4 is 9.64 Å². The minimum Gasteiger partial charge on any atom is -0.489 e. The zero-order chi connectivity index (χ0) is 24.0. The van der Waals surface area contributed by atoms with Gasteiger partial charge >= 0.3 is 12.2 Å². The van der Waals surface area contributed by atoms with Crippen LogP contribution in [0.5, 0.6) is 5.75 Å². The van der Waals surface area contributed by atoms with Crippen LogP contribution in [0.3, 0.4) is 0 Å². The summed E-state index contributed by atoms with van der Waals surface area (Å²) in [6.07, 6.45) is -1.08. The third-order valence-electron chi connectivity index (χ3n) is 6.16. The number of halogens is 4. The molecule has 0 radical (unpaired) electrons. The molecule has 178 valence electrons. The van der Waals surface area contributed by atoms with E-state index < -0.39 is 29.5 Å². The lowest BCUT2D eigenvalue weighted by atomic mass is 9.92. The number of ether oxygens (including phenoxy) is 1. The Labute approximate surface area is 195 Å². The first-order valence-corrected chi connectivity index (χ1v) is 11.6. The lowest BCUT2D eigenvalue weighted by Gasteiger charge is -2.33. The van der Waals surface area contributed by atoms with E-state index in [1.165, 1.54) is 0 Å². The van der Waals surface area contributed by atoms with E-state index >= 15 is 0 Å². The molecule has 3 heterocycles. The lowest BCUT2D eigenvalue weighted by molar-refractivity contribution is -0.140. The molecule has 0 atom stereocenters. The van der Waals surface area contributed by atoms with E-state index in [0.717, 1.165) is 26.1 Å². The molecule has 2 aromatic heterocycles. The van der Waals surface area contributed by atoms with E-state index in [0.29, 0.717) is 43.6 Å². The molecule has 34 heavy (non-hydrogen) atoms. The second-order valence-electron chi connectivity index (χ2n) is 8.32. The summed E-state index contributed by atoms with van der Waals surface area (Å²) in [6.45, 7) is -0.384. The minimum absolute atomic E-state index is 0.0918. The SMILES string of the molecule is O=C1CN(c2ccc(F)c(C(F)(F)F)c2)C(=O)N1C1CCC(Oc2cnc3ccsc3c2)CC1. The maximum Gasteiger partial charge on any atom is 0.419 e. The number of alkyl halides is 3. The van der Waals surface area contributed by atoms with Crippen molar-refractivity contribution in [2.45, 2.75) is 44.0 Å². The van der Waals surface area contributed by atoms with E-state index in [1.807, 2.05) is 17.5 Å². The van der Waals surface area contributed by atoms with E-state index in [-0.39, 0.29) is 24.4 Å². The number of nitrogens with zero attached hydrogens (tertiary/aromatic N) is 3. The van der Waals surface area contributed by atoms with Gasteiger partial charge < -0.3 is 4.74 Å². The zero-order valence-electron chi connectivity index (χ0n) is 17.7. The van der Waals surface area contributed by atoms with Crippen molar-refractivity contribution in [1.82, 2.24) is 9.88 Å². The normalized spacial score (nSPS) is 21.5. The van der Waals surface area contributed by atoms with Crippen molar-refractivity contribution in [3.8, 4) is 5.75 Å². The molecular weight excluding hydrogens is 474 g/mol. The fourth-order valence-corrected chi connectivity index (χ4v) is 5.25. The van der Waals surface area contributed by atoms with Crippen molar-refractivity contribution in [3.05, 3.63) is 53.3 Å². The summed E-state index contributed by atoms with van der Waals surface area (Å²) in [5.41, 5.74) is -0.736. The summed E-state index contributed by atoms with van der Waals surface area (Å²) in [4.78, 5) is 32.0. The van der Waals surface area contributed by atoms with E-state index in [1.54, 1.807) is 17.5 Å². The number of hydrogen-bond donors (Lipinski definition) is 0. The molecule has 0 spiro atoms. The zero-order valence-corrected chi connectivity index (χ0v) is 18.5. The van der Waals surface area contributed by atoms with Gasteiger partial charge in [-0.2, -0.15) is 13.2 Å². The molecule has 2 aliphatic rings. The number of carbonyl (C=O) groups is 2. The largest absolute Gasteiger partial charge is 0.489 e. The first kappa shape index (κ1) is 22.6. The topological polar surface area (TPSA) is 62.7 Å². The number of hydrogen-bond acceptors (Lipinski definition) is 5. The highest BCUT2D eigenvalue weighted by molar-refractivity contribution is 7.17. The number of fused-ring (bicyclic) bond motifs is 1. The fourth-order valence-electron chi connectivity index (χ4n) is 4.48. The Morgan fingerprint density at radius 1 is 1.06 bits per heavy atom. The highest BCUT2D eigenvalue weighted by Crippen LogP contribution is 2.36. The molecule has 1 aromatic carbocycles. The number of benzene rings is 1. The van der Waals surface area contributed by atoms with Gasteiger partial charge in [-0.3, -0.25) is 19.6 Å². The van der Waals surface area contributed by atoms with Crippen LogP contribution in [0.25, 0.3) is 10.2 Å². The van der Waals surface area contributed by atoms with Gasteiger partial charge in [-0.1, -0.05) is 0 Å². The van der Waals surface area contributed by atoms with Crippen molar-refractivity contribution in [2.24, 2.45) is 0 Å². The molecule has 0 N–H and O–H groups in total. The Hall–Kier alpha value is -3.21. The van der Waals surface area contributed by atoms with Crippen LogP contribution >= 0.6 is 11.3 Å². The van der Waals surface area contributed by atoms with Crippen LogP contribution in [-0.2, 0) is 11.0 Å². The van der Waals surface area contributed by atoms with Crippen LogP contribution in [0.1, 0.15) is 31.2 Å². The Bertz CT molecular complexity index is 1250. The molecule has 1 saturated carbocycles. The Morgan fingerprint density at radius 3 is 2.56 bits per heavy atom. The first-order chi connectivity index (χ1) is 16.2. The van der Waals surface area contributed by atoms with Crippen molar-refractivity contribution in [2.75, 3.05) is 11.4 Å². The van der Waals surface area contributed by atoms with Gasteiger partial charge in [0.2, 0.25) is 0 Å². The van der Waals surface area contributed by atoms with Crippen LogP contribution in [0, 0.1) is 5.82 Å². The number of urea groups is 1. The van der Waals surface area contributed by atoms with Crippen LogP contribution in [0.2, 0.25) is 0 Å². The molecule has 6 nitrogen and oxygen atoms in total. The Balaban J connectivity index is 1.25. The number of thiophene rings is 1. The minimum atomic E-state index is -4.91. The van der Waals surface area contributed by atoms with E-state index in [4.69, 9.17) is 4.74 Å². The summed E-state index contributed by atoms with van der Waals surface area (Å²) in [5.74, 6) is -1.26. The van der Waals surface area contributed by atoms with Gasteiger partial charge in [0.25, 0.3) is 5.91 Å². The number of imide groups is 1.